The van der Waals surface area contributed by atoms with E-state index in [-0.39, 0.29) is 29.0 Å². The Kier molecular flexibility index (Phi) is 5.47. The summed E-state index contributed by atoms with van der Waals surface area (Å²) in [5, 5.41) is 4.35. The van der Waals surface area contributed by atoms with Crippen LogP contribution in [0.15, 0.2) is 83.9 Å². The van der Waals surface area contributed by atoms with Crippen LogP contribution in [0.1, 0.15) is 55.4 Å². The summed E-state index contributed by atoms with van der Waals surface area (Å²) in [5.41, 5.74) is 4.54. The zero-order valence-electron chi connectivity index (χ0n) is 18.7. The molecule has 2 aliphatic rings. The van der Waals surface area contributed by atoms with E-state index in [2.05, 4.69) is 5.32 Å². The molecule has 0 fully saturated rings. The van der Waals surface area contributed by atoms with E-state index in [9.17, 15) is 14.0 Å². The number of hydrogen-bond acceptors (Lipinski definition) is 4. The molecule has 0 amide bonds. The van der Waals surface area contributed by atoms with Crippen molar-refractivity contribution < 1.29 is 14.0 Å². The van der Waals surface area contributed by atoms with Gasteiger partial charge in [-0.2, -0.15) is 0 Å². The van der Waals surface area contributed by atoms with E-state index in [4.69, 9.17) is 28.2 Å². The zero-order chi connectivity index (χ0) is 25.0. The first-order valence-electron chi connectivity index (χ1n) is 11.3. The lowest BCUT2D eigenvalue weighted by Gasteiger charge is -2.22. The molecule has 7 heteroatoms. The second-order valence-electron chi connectivity index (χ2n) is 8.73. The number of hydrogen-bond donors (Lipinski definition) is 1. The van der Waals surface area contributed by atoms with Gasteiger partial charge < -0.3 is 5.32 Å². The molecule has 176 valence electrons. The molecule has 0 saturated carbocycles. The van der Waals surface area contributed by atoms with E-state index >= 15 is 0 Å². The Hall–Kier alpha value is -3.80. The molecule has 1 atom stereocenters. The molecule has 1 aliphatic carbocycles. The molecule has 0 saturated heterocycles. The van der Waals surface area contributed by atoms with Gasteiger partial charge in [-0.15, -0.1) is 0 Å². The van der Waals surface area contributed by atoms with Crippen LogP contribution in [0.2, 0.25) is 10.0 Å². The lowest BCUT2D eigenvalue weighted by atomic mass is 9.83. The van der Waals surface area contributed by atoms with Crippen molar-refractivity contribution in [3.05, 3.63) is 128 Å². The van der Waals surface area contributed by atoms with Gasteiger partial charge >= 0.3 is 0 Å². The van der Waals surface area contributed by atoms with E-state index < -0.39 is 0 Å². The molecule has 1 N–H and O–H groups in total. The highest BCUT2D eigenvalue weighted by Crippen LogP contribution is 2.43. The van der Waals surface area contributed by atoms with Gasteiger partial charge in [-0.05, 0) is 47.5 Å². The minimum absolute atomic E-state index is 0.216. The first kappa shape index (κ1) is 22.7. The summed E-state index contributed by atoms with van der Waals surface area (Å²) in [7, 11) is 0. The third kappa shape index (κ3) is 3.72. The van der Waals surface area contributed by atoms with Crippen LogP contribution in [0.5, 0.6) is 0 Å². The molecule has 1 heterocycles. The number of anilines is 1. The van der Waals surface area contributed by atoms with Crippen molar-refractivity contribution in [2.45, 2.75) is 12.5 Å². The Morgan fingerprint density at radius 3 is 2.25 bits per heavy atom. The maximum atomic E-state index is 13.7. The molecule has 4 aromatic carbocycles. The van der Waals surface area contributed by atoms with Crippen LogP contribution in [-0.4, -0.2) is 17.3 Å². The van der Waals surface area contributed by atoms with E-state index in [0.29, 0.717) is 55.8 Å². The minimum Gasteiger partial charge on any atom is -0.376 e. The predicted molar refractivity (Wildman–Crippen MR) is 140 cm³/mol. The number of nitrogens with one attached hydrogen (secondary N) is 1. The molecule has 0 radical (unpaired) electrons. The fraction of sp³-hybridized carbons (Fsp3) is 0.0690. The van der Waals surface area contributed by atoms with Gasteiger partial charge in [0.05, 0.1) is 38.7 Å². The van der Waals surface area contributed by atoms with Gasteiger partial charge in [0.2, 0.25) is 0 Å². The van der Waals surface area contributed by atoms with Gasteiger partial charge in [0.25, 0.3) is 0 Å². The number of carbonyl (C=O) groups excluding carboxylic acids is 2. The monoisotopic (exact) mass is 514 g/mol. The van der Waals surface area contributed by atoms with Crippen molar-refractivity contribution in [3.63, 3.8) is 0 Å². The fourth-order valence-electron chi connectivity index (χ4n) is 4.77. The highest BCUT2D eigenvalue weighted by Gasteiger charge is 2.34. The van der Waals surface area contributed by atoms with Crippen LogP contribution in [0, 0.1) is 5.82 Å². The number of benzene rings is 4. The van der Waals surface area contributed by atoms with Gasteiger partial charge in [0, 0.05) is 23.1 Å². The molecule has 6 rings (SSSR count). The summed E-state index contributed by atoms with van der Waals surface area (Å²) in [6.07, 6.45) is 0.422. The molecular weight excluding hydrogens is 498 g/mol. The number of halogens is 3. The van der Waals surface area contributed by atoms with E-state index in [1.54, 1.807) is 60.7 Å². The Labute approximate surface area is 216 Å². The van der Waals surface area contributed by atoms with E-state index in [1.807, 2.05) is 6.07 Å². The lowest BCUT2D eigenvalue weighted by Crippen LogP contribution is -2.21. The molecule has 0 aromatic heterocycles. The smallest absolute Gasteiger partial charge is 0.196 e. The van der Waals surface area contributed by atoms with Gasteiger partial charge in [-0.25, -0.2) is 9.38 Å². The third-order valence-electron chi connectivity index (χ3n) is 6.56. The number of nitrogens with zero attached hydrogens (tertiary/aromatic N) is 1. The van der Waals surface area contributed by atoms with Crippen molar-refractivity contribution in [1.82, 2.24) is 0 Å². The summed E-state index contributed by atoms with van der Waals surface area (Å²) in [6.45, 7) is 0. The van der Waals surface area contributed by atoms with Gasteiger partial charge in [0.1, 0.15) is 5.82 Å². The van der Waals surface area contributed by atoms with Crippen molar-refractivity contribution in [1.29, 1.82) is 0 Å². The topological polar surface area (TPSA) is 58.5 Å². The lowest BCUT2D eigenvalue weighted by molar-refractivity contribution is 0.0979. The summed E-state index contributed by atoms with van der Waals surface area (Å²) in [5.74, 6) is -0.830. The number of carbonyl (C=O) groups is 2. The van der Waals surface area contributed by atoms with Gasteiger partial charge in [-0.3, -0.25) is 9.59 Å². The first-order valence-corrected chi connectivity index (χ1v) is 12.1. The summed E-state index contributed by atoms with van der Waals surface area (Å²) in [6, 6.07) is 21.4. The number of aliphatic imine (C=N–C) groups is 1. The summed E-state index contributed by atoms with van der Waals surface area (Å²) < 4.78 is 13.7. The van der Waals surface area contributed by atoms with Crippen molar-refractivity contribution in [2.24, 2.45) is 4.99 Å². The third-order valence-corrected chi connectivity index (χ3v) is 7.30. The van der Waals surface area contributed by atoms with Crippen LogP contribution in [0.4, 0.5) is 15.8 Å². The Morgan fingerprint density at radius 2 is 1.53 bits per heavy atom. The molecule has 36 heavy (non-hydrogen) atoms. The summed E-state index contributed by atoms with van der Waals surface area (Å²) >= 11 is 12.5. The second-order valence-corrected chi connectivity index (χ2v) is 9.54. The summed E-state index contributed by atoms with van der Waals surface area (Å²) in [4.78, 5) is 31.8. The van der Waals surface area contributed by atoms with Crippen LogP contribution in [0.25, 0.3) is 0 Å². The Morgan fingerprint density at radius 1 is 0.806 bits per heavy atom. The number of rotatable bonds is 2. The van der Waals surface area contributed by atoms with Crippen molar-refractivity contribution in [2.75, 3.05) is 5.32 Å². The minimum atomic E-state index is -0.359. The predicted octanol–water partition coefficient (Wildman–Crippen LogP) is 7.59. The number of ketones is 2. The molecule has 4 nitrogen and oxygen atoms in total. The first-order chi connectivity index (χ1) is 17.4. The number of fused-ring (bicyclic) bond motifs is 4. The SMILES string of the molecule is O=C1c2ccccc2C(=O)c2c1ccc1c2N=C(c2ccc(F)cc2)C[C@@H](c2ccc(Cl)c(Cl)c2)N1. The van der Waals surface area contributed by atoms with Crippen molar-refractivity contribution >= 4 is 51.9 Å². The van der Waals surface area contributed by atoms with Crippen LogP contribution < -0.4 is 5.32 Å². The average Bonchev–Trinajstić information content (AvgIpc) is 3.09. The maximum absolute atomic E-state index is 13.7. The second kappa shape index (κ2) is 8.70. The molecule has 0 unspecified atom stereocenters. The zero-order valence-corrected chi connectivity index (χ0v) is 20.2. The highest BCUT2D eigenvalue weighted by atomic mass is 35.5. The molecule has 0 spiro atoms. The van der Waals surface area contributed by atoms with Crippen LogP contribution >= 0.6 is 23.2 Å². The Balaban J connectivity index is 1.57. The molecular formula is C29H17Cl2FN2O2. The normalized spacial score (nSPS) is 16.3. The van der Waals surface area contributed by atoms with E-state index in [0.717, 1.165) is 5.56 Å². The fourth-order valence-corrected chi connectivity index (χ4v) is 5.08. The largest absolute Gasteiger partial charge is 0.376 e. The van der Waals surface area contributed by atoms with Crippen LogP contribution in [-0.2, 0) is 0 Å². The molecule has 0 bridgehead atoms. The quantitative estimate of drug-likeness (QED) is 0.264. The molecule has 4 aromatic rings. The van der Waals surface area contributed by atoms with Crippen molar-refractivity contribution in [3.8, 4) is 0 Å². The standard InChI is InChI=1S/C29H17Cl2FN2O2/c30-21-11-7-16(13-22(21)31)25-14-24(15-5-8-17(32)9-6-15)34-27-23(33-25)12-10-20-26(27)29(36)19-4-2-1-3-18(19)28(20)35/h1-13,25,33H,14H2/t25-/m0/s1. The average molecular weight is 515 g/mol. The Bertz CT molecular complexity index is 1610. The van der Waals surface area contributed by atoms with E-state index in [1.165, 1.54) is 12.1 Å². The molecule has 1 aliphatic heterocycles. The van der Waals surface area contributed by atoms with Gasteiger partial charge in [-0.1, -0.05) is 65.7 Å². The van der Waals surface area contributed by atoms with Gasteiger partial charge in [0.15, 0.2) is 11.6 Å². The van der Waals surface area contributed by atoms with Crippen LogP contribution in [0.3, 0.4) is 0 Å². The highest BCUT2D eigenvalue weighted by molar-refractivity contribution is 6.42. The maximum Gasteiger partial charge on any atom is 0.196 e.